The van der Waals surface area contributed by atoms with E-state index >= 15 is 0 Å². The van der Waals surface area contributed by atoms with Crippen molar-refractivity contribution in [2.24, 2.45) is 0 Å². The van der Waals surface area contributed by atoms with Crippen LogP contribution >= 0.6 is 11.3 Å². The Bertz CT molecular complexity index is 602. The van der Waals surface area contributed by atoms with Crippen LogP contribution in [-0.2, 0) is 11.3 Å². The molecule has 98 valence electrons. The second-order valence-corrected chi connectivity index (χ2v) is 4.68. The number of aliphatic carboxylic acids is 1. The van der Waals surface area contributed by atoms with Gasteiger partial charge in [-0.3, -0.25) is 9.89 Å². The molecule has 2 rings (SSSR count). The van der Waals surface area contributed by atoms with Crippen molar-refractivity contribution >= 4 is 29.3 Å². The molecule has 2 heterocycles. The fraction of sp³-hybridized carbons (Fsp3) is 0.0833. The van der Waals surface area contributed by atoms with Crippen LogP contribution in [0.1, 0.15) is 20.8 Å². The summed E-state index contributed by atoms with van der Waals surface area (Å²) in [4.78, 5) is 23.0. The van der Waals surface area contributed by atoms with E-state index in [4.69, 9.17) is 5.11 Å². The summed E-state index contributed by atoms with van der Waals surface area (Å²) in [5.74, 6) is -1.19. The molecule has 0 saturated heterocycles. The molecule has 0 aliphatic heterocycles. The number of H-pyrrole nitrogens is 1. The highest BCUT2D eigenvalue weighted by Gasteiger charge is 2.06. The van der Waals surface area contributed by atoms with Gasteiger partial charge in [0.1, 0.15) is 0 Å². The largest absolute Gasteiger partial charge is 0.478 e. The van der Waals surface area contributed by atoms with Gasteiger partial charge in [0.15, 0.2) is 0 Å². The molecule has 0 bridgehead atoms. The average Bonchev–Trinajstić information content (AvgIpc) is 3.04. The summed E-state index contributed by atoms with van der Waals surface area (Å²) >= 11 is 1.46. The number of nitrogens with one attached hydrogen (secondary N) is 2. The number of carboxylic acid groups (broad SMARTS) is 1. The Hall–Kier alpha value is -2.41. The molecule has 0 fully saturated rings. The number of carboxylic acids is 1. The minimum Gasteiger partial charge on any atom is -0.478 e. The third-order valence-corrected chi connectivity index (χ3v) is 3.23. The molecule has 6 nitrogen and oxygen atoms in total. The van der Waals surface area contributed by atoms with Gasteiger partial charge in [0.2, 0.25) is 0 Å². The summed E-state index contributed by atoms with van der Waals surface area (Å²) in [6.07, 6.45) is 5.56. The van der Waals surface area contributed by atoms with Crippen LogP contribution in [0, 0.1) is 0 Å². The summed E-state index contributed by atoms with van der Waals surface area (Å²) in [6, 6.07) is 1.83. The fourth-order valence-electron chi connectivity index (χ4n) is 1.39. The molecular weight excluding hydrogens is 266 g/mol. The molecule has 0 atom stereocenters. The van der Waals surface area contributed by atoms with Crippen LogP contribution in [0.25, 0.3) is 6.08 Å². The van der Waals surface area contributed by atoms with E-state index in [1.54, 1.807) is 0 Å². The molecule has 3 N–H and O–H groups in total. The predicted molar refractivity (Wildman–Crippen MR) is 70.7 cm³/mol. The summed E-state index contributed by atoms with van der Waals surface area (Å²) in [6.45, 7) is 0.398. The van der Waals surface area contributed by atoms with Crippen molar-refractivity contribution in [1.82, 2.24) is 15.5 Å². The van der Waals surface area contributed by atoms with Gasteiger partial charge < -0.3 is 10.4 Å². The molecule has 19 heavy (non-hydrogen) atoms. The van der Waals surface area contributed by atoms with E-state index in [1.807, 2.05) is 11.4 Å². The van der Waals surface area contributed by atoms with E-state index in [-0.39, 0.29) is 5.91 Å². The number of nitrogens with zero attached hydrogens (tertiary/aromatic N) is 1. The second kappa shape index (κ2) is 5.96. The number of rotatable bonds is 5. The number of carbonyl (C=O) groups is 2. The highest BCUT2D eigenvalue weighted by molar-refractivity contribution is 7.10. The highest BCUT2D eigenvalue weighted by atomic mass is 32.1. The summed E-state index contributed by atoms with van der Waals surface area (Å²) in [5, 5.41) is 19.4. The van der Waals surface area contributed by atoms with Crippen molar-refractivity contribution in [3.63, 3.8) is 0 Å². The molecule has 1 amide bonds. The van der Waals surface area contributed by atoms with Gasteiger partial charge in [0.25, 0.3) is 5.91 Å². The van der Waals surface area contributed by atoms with E-state index in [2.05, 4.69) is 15.5 Å². The lowest BCUT2D eigenvalue weighted by molar-refractivity contribution is -0.131. The predicted octanol–water partition coefficient (Wildman–Crippen LogP) is 1.50. The van der Waals surface area contributed by atoms with Gasteiger partial charge in [-0.2, -0.15) is 5.10 Å². The van der Waals surface area contributed by atoms with Crippen molar-refractivity contribution in [3.05, 3.63) is 45.9 Å². The first-order valence-corrected chi connectivity index (χ1v) is 6.28. The average molecular weight is 277 g/mol. The topological polar surface area (TPSA) is 95.1 Å². The Morgan fingerprint density at radius 1 is 1.53 bits per heavy atom. The fourth-order valence-corrected chi connectivity index (χ4v) is 2.18. The minimum atomic E-state index is -0.985. The first kappa shape index (κ1) is 13.0. The summed E-state index contributed by atoms with van der Waals surface area (Å²) < 4.78 is 0. The smallest absolute Gasteiger partial charge is 0.328 e. The molecule has 0 unspecified atom stereocenters. The molecule has 0 aliphatic rings. The molecule has 2 aromatic heterocycles. The van der Waals surface area contributed by atoms with Crippen LogP contribution in [0.2, 0.25) is 0 Å². The first-order valence-electron chi connectivity index (χ1n) is 5.40. The maximum Gasteiger partial charge on any atom is 0.328 e. The molecule has 0 radical (unpaired) electrons. The molecule has 0 spiro atoms. The number of thiophene rings is 1. The van der Waals surface area contributed by atoms with Crippen molar-refractivity contribution in [3.8, 4) is 0 Å². The zero-order valence-electron chi connectivity index (χ0n) is 9.79. The lowest BCUT2D eigenvalue weighted by Crippen LogP contribution is -2.21. The monoisotopic (exact) mass is 277 g/mol. The van der Waals surface area contributed by atoms with Crippen molar-refractivity contribution in [2.45, 2.75) is 6.54 Å². The molecule has 0 aromatic carbocycles. The van der Waals surface area contributed by atoms with Crippen LogP contribution in [0.3, 0.4) is 0 Å². The normalized spacial score (nSPS) is 10.7. The van der Waals surface area contributed by atoms with Gasteiger partial charge in [0.05, 0.1) is 18.3 Å². The van der Waals surface area contributed by atoms with Gasteiger partial charge in [-0.1, -0.05) is 0 Å². The number of amides is 1. The van der Waals surface area contributed by atoms with Gasteiger partial charge in [0, 0.05) is 17.2 Å². The maximum absolute atomic E-state index is 11.6. The molecular formula is C12H11N3O3S. The Morgan fingerprint density at radius 2 is 2.37 bits per heavy atom. The SMILES string of the molecule is O=C(O)C=Cc1csc(CNC(=O)c2cn[nH]c2)c1. The Balaban J connectivity index is 1.90. The minimum absolute atomic E-state index is 0.204. The lowest BCUT2D eigenvalue weighted by Gasteiger charge is -2.00. The van der Waals surface area contributed by atoms with E-state index in [1.165, 1.54) is 29.8 Å². The number of hydrogen-bond acceptors (Lipinski definition) is 4. The Kier molecular flexibility index (Phi) is 4.09. The molecule has 0 saturated carbocycles. The zero-order chi connectivity index (χ0) is 13.7. The van der Waals surface area contributed by atoms with Crippen LogP contribution in [0.5, 0.6) is 0 Å². The third kappa shape index (κ3) is 3.78. The van der Waals surface area contributed by atoms with Gasteiger partial charge in [-0.25, -0.2) is 4.79 Å². The maximum atomic E-state index is 11.6. The number of hydrogen-bond donors (Lipinski definition) is 3. The molecule has 7 heteroatoms. The van der Waals surface area contributed by atoms with Gasteiger partial charge >= 0.3 is 5.97 Å². The van der Waals surface area contributed by atoms with Gasteiger partial charge in [-0.05, 0) is 23.1 Å². The Labute approximate surface area is 112 Å². The number of aromatic nitrogens is 2. The van der Waals surface area contributed by atoms with Crippen LogP contribution in [-0.4, -0.2) is 27.2 Å². The van der Waals surface area contributed by atoms with Crippen LogP contribution < -0.4 is 5.32 Å². The van der Waals surface area contributed by atoms with E-state index in [9.17, 15) is 9.59 Å². The van der Waals surface area contributed by atoms with E-state index in [0.717, 1.165) is 16.5 Å². The third-order valence-electron chi connectivity index (χ3n) is 2.28. The van der Waals surface area contributed by atoms with Crippen molar-refractivity contribution < 1.29 is 14.7 Å². The lowest BCUT2D eigenvalue weighted by atomic mass is 10.3. The van der Waals surface area contributed by atoms with E-state index < -0.39 is 5.97 Å². The summed E-state index contributed by atoms with van der Waals surface area (Å²) in [7, 11) is 0. The van der Waals surface area contributed by atoms with Crippen LogP contribution in [0.4, 0.5) is 0 Å². The number of aromatic amines is 1. The molecule has 0 aliphatic carbocycles. The van der Waals surface area contributed by atoms with Crippen molar-refractivity contribution in [1.29, 1.82) is 0 Å². The zero-order valence-corrected chi connectivity index (χ0v) is 10.6. The molecule has 2 aromatic rings. The second-order valence-electron chi connectivity index (χ2n) is 3.69. The van der Waals surface area contributed by atoms with Crippen molar-refractivity contribution in [2.75, 3.05) is 0 Å². The standard InChI is InChI=1S/C12H11N3O3S/c16-11(17)2-1-8-3-10(19-7-8)6-13-12(18)9-4-14-15-5-9/h1-5,7H,6H2,(H,13,18)(H,14,15)(H,16,17). The highest BCUT2D eigenvalue weighted by Crippen LogP contribution is 2.16. The summed E-state index contributed by atoms with van der Waals surface area (Å²) in [5.41, 5.74) is 1.28. The quantitative estimate of drug-likeness (QED) is 0.722. The first-order chi connectivity index (χ1) is 9.15. The van der Waals surface area contributed by atoms with Crippen LogP contribution in [0.15, 0.2) is 29.9 Å². The number of carbonyl (C=O) groups excluding carboxylic acids is 1. The van der Waals surface area contributed by atoms with Gasteiger partial charge in [-0.15, -0.1) is 11.3 Å². The Morgan fingerprint density at radius 3 is 3.05 bits per heavy atom. The van der Waals surface area contributed by atoms with E-state index in [0.29, 0.717) is 12.1 Å².